The van der Waals surface area contributed by atoms with E-state index in [0.717, 1.165) is 0 Å². The summed E-state index contributed by atoms with van der Waals surface area (Å²) >= 11 is 0. The number of carbonyl (C=O) groups is 1. The molecular weight excluding hydrogens is 142 g/mol. The lowest BCUT2D eigenvalue weighted by Gasteiger charge is -2.37. The van der Waals surface area contributed by atoms with Gasteiger partial charge in [0.15, 0.2) is 0 Å². The third-order valence-electron chi connectivity index (χ3n) is 2.88. The highest BCUT2D eigenvalue weighted by atomic mass is 16.6. The minimum absolute atomic E-state index is 0.199. The minimum Gasteiger partial charge on any atom is -0.441 e. The average molecular weight is 155 g/mol. The Labute approximate surface area is 66.1 Å². The Morgan fingerprint density at radius 3 is 2.73 bits per heavy atom. The highest BCUT2D eigenvalue weighted by Crippen LogP contribution is 2.39. The van der Waals surface area contributed by atoms with Crippen LogP contribution >= 0.6 is 0 Å². The zero-order valence-corrected chi connectivity index (χ0v) is 6.72. The molecule has 3 heteroatoms. The summed E-state index contributed by atoms with van der Waals surface area (Å²) in [5.41, 5.74) is -0.199. The van der Waals surface area contributed by atoms with E-state index in [9.17, 15) is 4.79 Å². The van der Waals surface area contributed by atoms with Crippen LogP contribution in [0.4, 0.5) is 4.79 Å². The number of hydrogen-bond donors (Lipinski definition) is 1. The van der Waals surface area contributed by atoms with Crippen molar-refractivity contribution >= 4 is 6.09 Å². The van der Waals surface area contributed by atoms with Crippen LogP contribution in [-0.4, -0.2) is 18.2 Å². The fourth-order valence-corrected chi connectivity index (χ4v) is 1.78. The molecule has 3 nitrogen and oxygen atoms in total. The molecule has 2 fully saturated rings. The lowest BCUT2D eigenvalue weighted by Crippen LogP contribution is -2.41. The van der Waals surface area contributed by atoms with Crippen LogP contribution in [0.25, 0.3) is 0 Å². The van der Waals surface area contributed by atoms with E-state index in [1.807, 2.05) is 6.92 Å². The van der Waals surface area contributed by atoms with Gasteiger partial charge in [0.2, 0.25) is 0 Å². The van der Waals surface area contributed by atoms with Crippen LogP contribution in [0.15, 0.2) is 0 Å². The molecule has 1 heterocycles. The molecule has 1 saturated carbocycles. The molecule has 0 bridgehead atoms. The van der Waals surface area contributed by atoms with Crippen LogP contribution in [0.3, 0.4) is 0 Å². The Kier molecular flexibility index (Phi) is 1.34. The van der Waals surface area contributed by atoms with Gasteiger partial charge in [-0.05, 0) is 19.8 Å². The molecule has 11 heavy (non-hydrogen) atoms. The number of ether oxygens (including phenoxy) is 1. The van der Waals surface area contributed by atoms with Crippen molar-refractivity contribution in [1.82, 2.24) is 5.32 Å². The first-order valence-corrected chi connectivity index (χ1v) is 4.17. The van der Waals surface area contributed by atoms with Gasteiger partial charge < -0.3 is 10.1 Å². The number of alkyl carbamates (subject to hydrolysis) is 1. The number of carbonyl (C=O) groups excluding carboxylic acids is 1. The Balaban J connectivity index is 2.03. The summed E-state index contributed by atoms with van der Waals surface area (Å²) in [4.78, 5) is 10.8. The topological polar surface area (TPSA) is 38.3 Å². The van der Waals surface area contributed by atoms with E-state index < -0.39 is 0 Å². The van der Waals surface area contributed by atoms with Crippen molar-refractivity contribution < 1.29 is 9.53 Å². The predicted molar refractivity (Wildman–Crippen MR) is 40.2 cm³/mol. The van der Waals surface area contributed by atoms with Gasteiger partial charge in [-0.2, -0.15) is 0 Å². The van der Waals surface area contributed by atoms with E-state index in [-0.39, 0.29) is 11.7 Å². The molecule has 62 valence electrons. The van der Waals surface area contributed by atoms with Gasteiger partial charge >= 0.3 is 6.09 Å². The Morgan fingerprint density at radius 1 is 1.64 bits per heavy atom. The Morgan fingerprint density at radius 2 is 2.36 bits per heavy atom. The van der Waals surface area contributed by atoms with Crippen LogP contribution in [-0.2, 0) is 4.74 Å². The molecular formula is C8H13NO2. The van der Waals surface area contributed by atoms with Gasteiger partial charge in [0.1, 0.15) is 5.60 Å². The van der Waals surface area contributed by atoms with E-state index in [1.165, 1.54) is 19.3 Å². The lowest BCUT2D eigenvalue weighted by molar-refractivity contribution is -0.0104. The van der Waals surface area contributed by atoms with Crippen LogP contribution in [0.1, 0.15) is 26.2 Å². The average Bonchev–Trinajstić information content (AvgIpc) is 2.06. The van der Waals surface area contributed by atoms with Crippen LogP contribution in [0.2, 0.25) is 0 Å². The van der Waals surface area contributed by atoms with Crippen molar-refractivity contribution in [2.75, 3.05) is 6.54 Å². The molecule has 0 aromatic rings. The molecule has 0 aromatic carbocycles. The molecule has 1 aliphatic carbocycles. The Hall–Kier alpha value is -0.730. The molecule has 0 aromatic heterocycles. The summed E-state index contributed by atoms with van der Waals surface area (Å²) in [5, 5.41) is 2.70. The first-order valence-electron chi connectivity index (χ1n) is 4.17. The molecule has 1 amide bonds. The quantitative estimate of drug-likeness (QED) is 0.619. The van der Waals surface area contributed by atoms with Crippen molar-refractivity contribution in [2.24, 2.45) is 5.92 Å². The summed E-state index contributed by atoms with van der Waals surface area (Å²) in [6, 6.07) is 0. The second-order valence-electron chi connectivity index (χ2n) is 3.68. The van der Waals surface area contributed by atoms with E-state index >= 15 is 0 Å². The summed E-state index contributed by atoms with van der Waals surface area (Å²) in [7, 11) is 0. The van der Waals surface area contributed by atoms with Gasteiger partial charge in [-0.15, -0.1) is 0 Å². The number of hydrogen-bond acceptors (Lipinski definition) is 2. The van der Waals surface area contributed by atoms with Gasteiger partial charge in [-0.25, -0.2) is 4.79 Å². The fourth-order valence-electron chi connectivity index (χ4n) is 1.78. The number of amides is 1. The molecule has 0 radical (unpaired) electrons. The summed E-state index contributed by atoms with van der Waals surface area (Å²) in [5.74, 6) is 0.599. The van der Waals surface area contributed by atoms with Gasteiger partial charge in [0, 0.05) is 5.92 Å². The second-order valence-corrected chi connectivity index (χ2v) is 3.68. The normalized spacial score (nSPS) is 37.7. The van der Waals surface area contributed by atoms with E-state index in [1.54, 1.807) is 0 Å². The van der Waals surface area contributed by atoms with Gasteiger partial charge in [0.05, 0.1) is 6.54 Å². The molecule has 1 unspecified atom stereocenters. The summed E-state index contributed by atoms with van der Waals surface area (Å²) in [6.45, 7) is 2.71. The molecule has 1 saturated heterocycles. The first kappa shape index (κ1) is 6.95. The fraction of sp³-hybridized carbons (Fsp3) is 0.875. The second kappa shape index (κ2) is 2.13. The molecule has 2 rings (SSSR count). The van der Waals surface area contributed by atoms with Crippen molar-refractivity contribution in [1.29, 1.82) is 0 Å². The SMILES string of the molecule is CC1(C2CCC2)CNC(=O)O1. The molecule has 1 aliphatic heterocycles. The maximum atomic E-state index is 10.8. The van der Waals surface area contributed by atoms with E-state index in [2.05, 4.69) is 5.32 Å². The van der Waals surface area contributed by atoms with Crippen molar-refractivity contribution in [3.63, 3.8) is 0 Å². The maximum absolute atomic E-state index is 10.8. The molecule has 1 N–H and O–H groups in total. The molecule has 2 aliphatic rings. The number of cyclic esters (lactones) is 1. The highest BCUT2D eigenvalue weighted by Gasteiger charge is 2.45. The highest BCUT2D eigenvalue weighted by molar-refractivity contribution is 5.70. The van der Waals surface area contributed by atoms with Crippen molar-refractivity contribution in [3.05, 3.63) is 0 Å². The maximum Gasteiger partial charge on any atom is 0.407 e. The lowest BCUT2D eigenvalue weighted by atomic mass is 9.74. The minimum atomic E-state index is -0.251. The smallest absolute Gasteiger partial charge is 0.407 e. The number of rotatable bonds is 1. The molecule has 0 spiro atoms. The van der Waals surface area contributed by atoms with E-state index in [4.69, 9.17) is 4.74 Å². The summed E-state index contributed by atoms with van der Waals surface area (Å²) < 4.78 is 5.20. The van der Waals surface area contributed by atoms with Gasteiger partial charge in [0.25, 0.3) is 0 Å². The molecule has 1 atom stereocenters. The number of nitrogens with one attached hydrogen (secondary N) is 1. The van der Waals surface area contributed by atoms with Crippen LogP contribution in [0.5, 0.6) is 0 Å². The zero-order chi connectivity index (χ0) is 7.90. The standard InChI is InChI=1S/C8H13NO2/c1-8(6-3-2-4-6)5-9-7(10)11-8/h6H,2-5H2,1H3,(H,9,10). The first-order chi connectivity index (χ1) is 5.21. The largest absolute Gasteiger partial charge is 0.441 e. The van der Waals surface area contributed by atoms with Gasteiger partial charge in [-0.1, -0.05) is 6.42 Å². The van der Waals surface area contributed by atoms with Crippen molar-refractivity contribution in [3.8, 4) is 0 Å². The predicted octanol–water partition coefficient (Wildman–Crippen LogP) is 1.28. The Bertz CT molecular complexity index is 189. The third-order valence-corrected chi connectivity index (χ3v) is 2.88. The monoisotopic (exact) mass is 155 g/mol. The van der Waals surface area contributed by atoms with Crippen LogP contribution < -0.4 is 5.32 Å². The van der Waals surface area contributed by atoms with Crippen LogP contribution in [0, 0.1) is 5.92 Å². The van der Waals surface area contributed by atoms with Gasteiger partial charge in [-0.3, -0.25) is 0 Å². The van der Waals surface area contributed by atoms with Crippen molar-refractivity contribution in [2.45, 2.75) is 31.8 Å². The zero-order valence-electron chi connectivity index (χ0n) is 6.72. The third kappa shape index (κ3) is 0.988. The van der Waals surface area contributed by atoms with E-state index in [0.29, 0.717) is 12.5 Å². The summed E-state index contributed by atoms with van der Waals surface area (Å²) in [6.07, 6.45) is 3.47.